The van der Waals surface area contributed by atoms with Crippen LogP contribution in [0.5, 0.6) is 0 Å². The second kappa shape index (κ2) is 9.07. The summed E-state index contributed by atoms with van der Waals surface area (Å²) >= 11 is 0. The standard InChI is InChI=1S/C28H20N2O6/c1-15-23(30-27(35-15)17-8-4-3-5-9-17)28(34)36-16(2)26(33)29-18-12-13-21-22(14-18)25(32)20-11-7-6-10-19(20)24(21)31/h3-14,16H,1-2H3,(H,29,33). The molecule has 0 bridgehead atoms. The van der Waals surface area contributed by atoms with Gasteiger partial charge in [0.1, 0.15) is 5.76 Å². The maximum atomic E-state index is 12.9. The fourth-order valence-electron chi connectivity index (χ4n) is 3.98. The Balaban J connectivity index is 1.29. The van der Waals surface area contributed by atoms with Crippen LogP contribution in [-0.2, 0) is 9.53 Å². The van der Waals surface area contributed by atoms with Gasteiger partial charge in [0.05, 0.1) is 0 Å². The fraction of sp³-hybridized carbons (Fsp3) is 0.107. The minimum atomic E-state index is -1.16. The van der Waals surface area contributed by atoms with Crippen LogP contribution in [-0.4, -0.2) is 34.5 Å². The molecular formula is C28H20N2O6. The summed E-state index contributed by atoms with van der Waals surface area (Å²) in [6.45, 7) is 3.01. The Morgan fingerprint density at radius 3 is 2.17 bits per heavy atom. The summed E-state index contributed by atoms with van der Waals surface area (Å²) in [6, 6.07) is 20.2. The molecule has 1 aliphatic rings. The van der Waals surface area contributed by atoms with Crippen LogP contribution < -0.4 is 5.32 Å². The van der Waals surface area contributed by atoms with Gasteiger partial charge in [0.25, 0.3) is 5.91 Å². The number of hydrogen-bond acceptors (Lipinski definition) is 7. The lowest BCUT2D eigenvalue weighted by atomic mass is 9.84. The van der Waals surface area contributed by atoms with Gasteiger partial charge in [0, 0.05) is 33.5 Å². The molecule has 3 aromatic carbocycles. The van der Waals surface area contributed by atoms with E-state index in [1.54, 1.807) is 43.3 Å². The number of fused-ring (bicyclic) bond motifs is 2. The number of ketones is 2. The molecule has 1 unspecified atom stereocenters. The fourth-order valence-corrected chi connectivity index (χ4v) is 3.98. The van der Waals surface area contributed by atoms with E-state index in [2.05, 4.69) is 10.3 Å². The minimum absolute atomic E-state index is 0.0231. The first-order valence-corrected chi connectivity index (χ1v) is 11.2. The molecule has 1 heterocycles. The topological polar surface area (TPSA) is 116 Å². The van der Waals surface area contributed by atoms with Crippen molar-refractivity contribution in [2.45, 2.75) is 20.0 Å². The van der Waals surface area contributed by atoms with Crippen molar-refractivity contribution in [2.24, 2.45) is 0 Å². The summed E-state index contributed by atoms with van der Waals surface area (Å²) in [5, 5.41) is 2.63. The Labute approximate surface area is 205 Å². The number of ether oxygens (including phenoxy) is 1. The van der Waals surface area contributed by atoms with Crippen LogP contribution >= 0.6 is 0 Å². The molecule has 8 heteroatoms. The Morgan fingerprint density at radius 1 is 0.861 bits per heavy atom. The van der Waals surface area contributed by atoms with Crippen molar-refractivity contribution in [3.05, 3.63) is 107 Å². The predicted molar refractivity (Wildman–Crippen MR) is 130 cm³/mol. The zero-order valence-electron chi connectivity index (χ0n) is 19.4. The molecule has 1 amide bonds. The molecule has 0 aliphatic heterocycles. The molecule has 1 atom stereocenters. The van der Waals surface area contributed by atoms with Crippen molar-refractivity contribution >= 4 is 29.1 Å². The number of benzene rings is 3. The number of aryl methyl sites for hydroxylation is 1. The number of oxazole rings is 1. The smallest absolute Gasteiger partial charge is 0.361 e. The molecule has 1 aromatic heterocycles. The number of rotatable bonds is 5. The molecule has 8 nitrogen and oxygen atoms in total. The van der Waals surface area contributed by atoms with E-state index in [1.807, 2.05) is 18.2 Å². The van der Waals surface area contributed by atoms with E-state index in [1.165, 1.54) is 25.1 Å². The average Bonchev–Trinajstić information content (AvgIpc) is 3.29. The van der Waals surface area contributed by atoms with Crippen LogP contribution in [0.25, 0.3) is 11.5 Å². The Kier molecular flexibility index (Phi) is 5.77. The maximum absolute atomic E-state index is 12.9. The lowest BCUT2D eigenvalue weighted by Crippen LogP contribution is -2.30. The highest BCUT2D eigenvalue weighted by atomic mass is 16.5. The van der Waals surface area contributed by atoms with Gasteiger partial charge in [-0.25, -0.2) is 9.78 Å². The third-order valence-electron chi connectivity index (χ3n) is 5.86. The first-order valence-electron chi connectivity index (χ1n) is 11.2. The average molecular weight is 480 g/mol. The highest BCUT2D eigenvalue weighted by Crippen LogP contribution is 2.29. The van der Waals surface area contributed by atoms with Crippen molar-refractivity contribution < 1.29 is 28.3 Å². The molecule has 0 fully saturated rings. The van der Waals surface area contributed by atoms with Crippen LogP contribution in [0.2, 0.25) is 0 Å². The molecule has 36 heavy (non-hydrogen) atoms. The first-order chi connectivity index (χ1) is 17.3. The van der Waals surface area contributed by atoms with E-state index in [0.29, 0.717) is 22.4 Å². The molecule has 178 valence electrons. The van der Waals surface area contributed by atoms with Gasteiger partial charge < -0.3 is 14.5 Å². The Hall–Kier alpha value is -4.85. The summed E-state index contributed by atoms with van der Waals surface area (Å²) in [4.78, 5) is 55.3. The summed E-state index contributed by atoms with van der Waals surface area (Å²) in [5.41, 5.74) is 2.12. The second-order valence-corrected chi connectivity index (χ2v) is 8.29. The summed E-state index contributed by atoms with van der Waals surface area (Å²) in [5.74, 6) is -1.42. The molecular weight excluding hydrogens is 460 g/mol. The number of aromatic nitrogens is 1. The van der Waals surface area contributed by atoms with E-state index in [9.17, 15) is 19.2 Å². The molecule has 4 aromatic rings. The van der Waals surface area contributed by atoms with Crippen molar-refractivity contribution in [2.75, 3.05) is 5.32 Å². The summed E-state index contributed by atoms with van der Waals surface area (Å²) < 4.78 is 10.9. The van der Waals surface area contributed by atoms with Crippen LogP contribution in [0.1, 0.15) is 55.0 Å². The van der Waals surface area contributed by atoms with E-state index >= 15 is 0 Å². The van der Waals surface area contributed by atoms with Crippen LogP contribution in [0.4, 0.5) is 5.69 Å². The van der Waals surface area contributed by atoms with Crippen molar-refractivity contribution in [1.29, 1.82) is 0 Å². The molecule has 0 spiro atoms. The second-order valence-electron chi connectivity index (χ2n) is 8.29. The minimum Gasteiger partial charge on any atom is -0.448 e. The van der Waals surface area contributed by atoms with Crippen molar-refractivity contribution in [3.63, 3.8) is 0 Å². The van der Waals surface area contributed by atoms with Crippen molar-refractivity contribution in [3.8, 4) is 11.5 Å². The number of anilines is 1. The van der Waals surface area contributed by atoms with Gasteiger partial charge in [0.2, 0.25) is 5.89 Å². The molecule has 0 radical (unpaired) electrons. The van der Waals surface area contributed by atoms with Crippen LogP contribution in [0, 0.1) is 6.92 Å². The van der Waals surface area contributed by atoms with E-state index in [0.717, 1.165) is 0 Å². The summed E-state index contributed by atoms with van der Waals surface area (Å²) in [7, 11) is 0. The SMILES string of the molecule is Cc1oc(-c2ccccc2)nc1C(=O)OC(C)C(=O)Nc1ccc2c(c1)C(=O)c1ccccc1C2=O. The van der Waals surface area contributed by atoms with Gasteiger partial charge in [-0.3, -0.25) is 14.4 Å². The monoisotopic (exact) mass is 480 g/mol. The van der Waals surface area contributed by atoms with Gasteiger partial charge in [-0.05, 0) is 44.2 Å². The third-order valence-corrected chi connectivity index (χ3v) is 5.86. The number of nitrogens with zero attached hydrogens (tertiary/aromatic N) is 1. The van der Waals surface area contributed by atoms with Gasteiger partial charge in [-0.1, -0.05) is 42.5 Å². The van der Waals surface area contributed by atoms with E-state index in [-0.39, 0.29) is 40.0 Å². The largest absolute Gasteiger partial charge is 0.448 e. The van der Waals surface area contributed by atoms with E-state index < -0.39 is 18.0 Å². The van der Waals surface area contributed by atoms with Crippen molar-refractivity contribution in [1.82, 2.24) is 4.98 Å². The quantitative estimate of drug-likeness (QED) is 0.365. The molecule has 1 aliphatic carbocycles. The number of hydrogen-bond donors (Lipinski definition) is 1. The van der Waals surface area contributed by atoms with Gasteiger partial charge in [0.15, 0.2) is 23.4 Å². The third kappa shape index (κ3) is 4.09. The lowest BCUT2D eigenvalue weighted by Gasteiger charge is -2.19. The molecule has 5 rings (SSSR count). The molecule has 0 saturated carbocycles. The molecule has 0 saturated heterocycles. The van der Waals surface area contributed by atoms with E-state index in [4.69, 9.17) is 9.15 Å². The number of carbonyl (C=O) groups excluding carboxylic acids is 4. The van der Waals surface area contributed by atoms with Gasteiger partial charge in [-0.15, -0.1) is 0 Å². The number of amides is 1. The van der Waals surface area contributed by atoms with Gasteiger partial charge >= 0.3 is 5.97 Å². The predicted octanol–water partition coefficient (Wildman–Crippen LogP) is 4.61. The van der Waals surface area contributed by atoms with Crippen LogP contribution in [0.15, 0.2) is 77.2 Å². The highest BCUT2D eigenvalue weighted by molar-refractivity contribution is 6.28. The normalized spacial score (nSPS) is 12.9. The number of esters is 1. The number of nitrogens with one attached hydrogen (secondary N) is 1. The molecule has 1 N–H and O–H groups in total. The maximum Gasteiger partial charge on any atom is 0.361 e. The highest BCUT2D eigenvalue weighted by Gasteiger charge is 2.30. The zero-order valence-corrected chi connectivity index (χ0v) is 19.4. The Bertz CT molecular complexity index is 1540. The lowest BCUT2D eigenvalue weighted by molar-refractivity contribution is -0.123. The number of carbonyl (C=O) groups is 4. The Morgan fingerprint density at radius 2 is 1.47 bits per heavy atom. The first kappa shape index (κ1) is 22.9. The summed E-state index contributed by atoms with van der Waals surface area (Å²) in [6.07, 6.45) is -1.16. The van der Waals surface area contributed by atoms with Crippen LogP contribution in [0.3, 0.4) is 0 Å². The zero-order chi connectivity index (χ0) is 25.4. The van der Waals surface area contributed by atoms with Gasteiger partial charge in [-0.2, -0.15) is 0 Å².